The Morgan fingerprint density at radius 2 is 1.78 bits per heavy atom. The molecule has 0 spiro atoms. The van der Waals surface area contributed by atoms with Gasteiger partial charge in [0, 0.05) is 0 Å². The van der Waals surface area contributed by atoms with Gasteiger partial charge in [-0.25, -0.2) is 4.79 Å². The van der Waals surface area contributed by atoms with Gasteiger partial charge in [-0.3, -0.25) is 0 Å². The molecule has 0 radical (unpaired) electrons. The summed E-state index contributed by atoms with van der Waals surface area (Å²) < 4.78 is 4.91. The fraction of sp³-hybridized carbons (Fsp3) is 0.923. The third kappa shape index (κ3) is 12.5. The Hall–Kier alpha value is 0.0700. The van der Waals surface area contributed by atoms with Gasteiger partial charge in [0.25, 0.3) is 0 Å². The van der Waals surface area contributed by atoms with Crippen LogP contribution in [0.4, 0.5) is 0 Å². The van der Waals surface area contributed by atoms with Gasteiger partial charge in [0.1, 0.15) is 0 Å². The van der Waals surface area contributed by atoms with E-state index in [1.54, 1.807) is 0 Å². The zero-order valence-electron chi connectivity index (χ0n) is 11.8. The van der Waals surface area contributed by atoms with Crippen LogP contribution in [-0.2, 0) is 9.53 Å². The minimum absolute atomic E-state index is 0. The first kappa shape index (κ1) is 20.4. The van der Waals surface area contributed by atoms with Crippen LogP contribution in [-0.4, -0.2) is 30.1 Å². The number of hydrogen-bond donors (Lipinski definition) is 1. The topological polar surface area (TPSA) is 53.9 Å². The summed E-state index contributed by atoms with van der Waals surface area (Å²) in [6, 6.07) is -0.208. The fourth-order valence-electron chi connectivity index (χ4n) is 1.54. The van der Waals surface area contributed by atoms with Crippen molar-refractivity contribution in [3.8, 4) is 0 Å². The highest BCUT2D eigenvalue weighted by molar-refractivity contribution is 7.99. The normalized spacial score (nSPS) is 11.7. The summed E-state index contributed by atoms with van der Waals surface area (Å²) in [7, 11) is 0. The van der Waals surface area contributed by atoms with Gasteiger partial charge in [0.15, 0.2) is 6.04 Å². The molecule has 18 heavy (non-hydrogen) atoms. The van der Waals surface area contributed by atoms with Crippen molar-refractivity contribution in [2.24, 2.45) is 0 Å². The van der Waals surface area contributed by atoms with Gasteiger partial charge in [0.05, 0.1) is 12.4 Å². The SMILES string of the molecule is CCCCCCCCSCC([NH3+])C(=O)OCC.[Cl-]. The molecule has 0 bridgehead atoms. The minimum Gasteiger partial charge on any atom is -1.00 e. The molecule has 0 amide bonds. The molecule has 0 saturated heterocycles. The molecular weight excluding hydrogens is 270 g/mol. The smallest absolute Gasteiger partial charge is 0.365 e. The summed E-state index contributed by atoms with van der Waals surface area (Å²) in [4.78, 5) is 11.3. The van der Waals surface area contributed by atoms with E-state index < -0.39 is 0 Å². The molecule has 0 rings (SSSR count). The third-order valence-electron chi connectivity index (χ3n) is 2.58. The second kappa shape index (κ2) is 15.1. The average molecular weight is 298 g/mol. The summed E-state index contributed by atoms with van der Waals surface area (Å²) >= 11 is 1.82. The number of quaternary nitrogens is 1. The number of ether oxygens (including phenoxy) is 1. The number of rotatable bonds is 11. The van der Waals surface area contributed by atoms with Crippen molar-refractivity contribution < 1.29 is 27.7 Å². The number of carbonyl (C=O) groups is 1. The van der Waals surface area contributed by atoms with Crippen LogP contribution in [0.25, 0.3) is 0 Å². The van der Waals surface area contributed by atoms with Crippen LogP contribution in [0, 0.1) is 0 Å². The van der Waals surface area contributed by atoms with Gasteiger partial charge < -0.3 is 22.9 Å². The highest BCUT2D eigenvalue weighted by Gasteiger charge is 2.17. The van der Waals surface area contributed by atoms with Crippen molar-refractivity contribution in [1.29, 1.82) is 0 Å². The first-order chi connectivity index (χ1) is 8.22. The van der Waals surface area contributed by atoms with E-state index in [9.17, 15) is 4.79 Å². The molecule has 1 atom stereocenters. The van der Waals surface area contributed by atoms with Gasteiger partial charge in [-0.15, -0.1) is 0 Å². The van der Waals surface area contributed by atoms with E-state index >= 15 is 0 Å². The molecule has 0 heterocycles. The zero-order chi connectivity index (χ0) is 12.9. The summed E-state index contributed by atoms with van der Waals surface area (Å²) in [5.74, 6) is 1.76. The van der Waals surface area contributed by atoms with Crippen molar-refractivity contribution in [1.82, 2.24) is 0 Å². The molecule has 0 aliphatic heterocycles. The van der Waals surface area contributed by atoms with Crippen molar-refractivity contribution in [2.75, 3.05) is 18.1 Å². The summed E-state index contributed by atoms with van der Waals surface area (Å²) in [5.41, 5.74) is 3.82. The molecule has 0 aliphatic carbocycles. The van der Waals surface area contributed by atoms with E-state index in [4.69, 9.17) is 4.74 Å². The van der Waals surface area contributed by atoms with Crippen LogP contribution in [0.1, 0.15) is 52.4 Å². The van der Waals surface area contributed by atoms with E-state index in [1.165, 1.54) is 38.5 Å². The van der Waals surface area contributed by atoms with E-state index in [0.717, 1.165) is 11.5 Å². The molecule has 0 aromatic rings. The van der Waals surface area contributed by atoms with E-state index in [0.29, 0.717) is 6.61 Å². The van der Waals surface area contributed by atoms with Crippen LogP contribution < -0.4 is 18.1 Å². The highest BCUT2D eigenvalue weighted by atomic mass is 35.5. The van der Waals surface area contributed by atoms with Crippen molar-refractivity contribution in [3.05, 3.63) is 0 Å². The molecule has 0 aliphatic rings. The Labute approximate surface area is 122 Å². The van der Waals surface area contributed by atoms with E-state index in [1.807, 2.05) is 18.7 Å². The summed E-state index contributed by atoms with van der Waals surface area (Å²) in [6.45, 7) is 4.51. The second-order valence-corrected chi connectivity index (χ2v) is 5.44. The number of hydrogen-bond acceptors (Lipinski definition) is 3. The highest BCUT2D eigenvalue weighted by Crippen LogP contribution is 2.10. The second-order valence-electron chi connectivity index (χ2n) is 4.29. The maximum atomic E-state index is 11.3. The molecule has 3 N–H and O–H groups in total. The quantitative estimate of drug-likeness (QED) is 0.404. The predicted octanol–water partition coefficient (Wildman–Crippen LogP) is -0.742. The van der Waals surface area contributed by atoms with Crippen molar-refractivity contribution in [3.63, 3.8) is 0 Å². The van der Waals surface area contributed by atoms with Crippen LogP contribution in [0.15, 0.2) is 0 Å². The number of esters is 1. The number of halogens is 1. The van der Waals surface area contributed by atoms with Crippen LogP contribution in [0.2, 0.25) is 0 Å². The molecule has 0 aromatic heterocycles. The Balaban J connectivity index is 0. The Morgan fingerprint density at radius 1 is 1.17 bits per heavy atom. The monoisotopic (exact) mass is 297 g/mol. The molecule has 0 saturated carbocycles. The predicted molar refractivity (Wildman–Crippen MR) is 74.0 cm³/mol. The summed E-state index contributed by atoms with van der Waals surface area (Å²) in [5, 5.41) is 0. The average Bonchev–Trinajstić information content (AvgIpc) is 2.32. The molecule has 110 valence electrons. The zero-order valence-corrected chi connectivity index (χ0v) is 13.3. The van der Waals surface area contributed by atoms with Crippen molar-refractivity contribution >= 4 is 17.7 Å². The molecule has 3 nitrogen and oxygen atoms in total. The lowest BCUT2D eigenvalue weighted by Crippen LogP contribution is -3.00. The van der Waals surface area contributed by atoms with Gasteiger partial charge in [-0.1, -0.05) is 39.0 Å². The third-order valence-corrected chi connectivity index (χ3v) is 3.80. The Kier molecular flexibility index (Phi) is 17.1. The molecule has 0 aromatic carbocycles. The van der Waals surface area contributed by atoms with Gasteiger partial charge in [-0.2, -0.15) is 11.8 Å². The van der Waals surface area contributed by atoms with Crippen LogP contribution >= 0.6 is 11.8 Å². The fourth-order valence-corrected chi connectivity index (χ4v) is 2.53. The standard InChI is InChI=1S/C13H27NO2S.ClH/c1-3-5-6-7-8-9-10-17-11-12(14)13(15)16-4-2;/h12H,3-11,14H2,1-2H3;1H. The molecule has 5 heteroatoms. The van der Waals surface area contributed by atoms with Gasteiger partial charge in [0.2, 0.25) is 0 Å². The van der Waals surface area contributed by atoms with E-state index in [2.05, 4.69) is 12.7 Å². The molecule has 0 fully saturated rings. The lowest BCUT2D eigenvalue weighted by Gasteiger charge is -2.07. The number of unbranched alkanes of at least 4 members (excludes halogenated alkanes) is 5. The Morgan fingerprint density at radius 3 is 2.39 bits per heavy atom. The number of carbonyl (C=O) groups excluding carboxylic acids is 1. The first-order valence-electron chi connectivity index (χ1n) is 6.79. The van der Waals surface area contributed by atoms with Gasteiger partial charge in [-0.05, 0) is 19.1 Å². The van der Waals surface area contributed by atoms with Gasteiger partial charge >= 0.3 is 5.97 Å². The van der Waals surface area contributed by atoms with Crippen LogP contribution in [0.3, 0.4) is 0 Å². The first-order valence-corrected chi connectivity index (χ1v) is 7.95. The molecular formula is C13H28ClNO2S. The lowest BCUT2D eigenvalue weighted by molar-refractivity contribution is -0.401. The maximum Gasteiger partial charge on any atom is 0.365 e. The number of thioether (sulfide) groups is 1. The van der Waals surface area contributed by atoms with E-state index in [-0.39, 0.29) is 24.4 Å². The molecule has 1 unspecified atom stereocenters. The van der Waals surface area contributed by atoms with Crippen molar-refractivity contribution in [2.45, 2.75) is 58.4 Å². The van der Waals surface area contributed by atoms with Crippen LogP contribution in [0.5, 0.6) is 0 Å². The lowest BCUT2D eigenvalue weighted by atomic mass is 10.1. The largest absolute Gasteiger partial charge is 1.00 e. The summed E-state index contributed by atoms with van der Waals surface area (Å²) in [6.07, 6.45) is 7.94. The minimum atomic E-state index is -0.208. The maximum absolute atomic E-state index is 11.3. The Bertz CT molecular complexity index is 194.